The topological polar surface area (TPSA) is 40.7 Å². The molecule has 1 aromatic carbocycles. The van der Waals surface area contributed by atoms with Gasteiger partial charge >= 0.3 is 0 Å². The SMILES string of the molecule is Fc1cccc(Br)c1Nc1ncc[nH]1. The van der Waals surface area contributed by atoms with E-state index >= 15 is 0 Å². The lowest BCUT2D eigenvalue weighted by Crippen LogP contribution is -1.96. The summed E-state index contributed by atoms with van der Waals surface area (Å²) in [6.07, 6.45) is 3.26. The van der Waals surface area contributed by atoms with Crippen LogP contribution < -0.4 is 5.32 Å². The molecule has 2 rings (SSSR count). The fourth-order valence-electron chi connectivity index (χ4n) is 1.07. The summed E-state index contributed by atoms with van der Waals surface area (Å²) in [7, 11) is 0. The van der Waals surface area contributed by atoms with Crippen molar-refractivity contribution in [3.63, 3.8) is 0 Å². The summed E-state index contributed by atoms with van der Waals surface area (Å²) in [6, 6.07) is 4.77. The first-order chi connectivity index (χ1) is 6.77. The third kappa shape index (κ3) is 1.77. The number of H-pyrrole nitrogens is 1. The number of rotatable bonds is 2. The molecular weight excluding hydrogens is 249 g/mol. The second-order valence-electron chi connectivity index (χ2n) is 2.66. The normalized spacial score (nSPS) is 10.1. The molecule has 0 atom stereocenters. The highest BCUT2D eigenvalue weighted by molar-refractivity contribution is 9.10. The molecule has 0 radical (unpaired) electrons. The first-order valence-corrected chi connectivity index (χ1v) is 4.77. The van der Waals surface area contributed by atoms with Crippen LogP contribution in [0.3, 0.4) is 0 Å². The monoisotopic (exact) mass is 255 g/mol. The van der Waals surface area contributed by atoms with E-state index < -0.39 is 0 Å². The zero-order valence-corrected chi connectivity index (χ0v) is 8.68. The van der Waals surface area contributed by atoms with E-state index in [1.54, 1.807) is 24.5 Å². The van der Waals surface area contributed by atoms with Crippen LogP contribution in [-0.2, 0) is 0 Å². The van der Waals surface area contributed by atoms with Gasteiger partial charge in [0, 0.05) is 16.9 Å². The fourth-order valence-corrected chi connectivity index (χ4v) is 1.51. The molecule has 2 aromatic rings. The molecule has 0 unspecified atom stereocenters. The number of halogens is 2. The van der Waals surface area contributed by atoms with Crippen LogP contribution in [0.25, 0.3) is 0 Å². The maximum Gasteiger partial charge on any atom is 0.204 e. The highest BCUT2D eigenvalue weighted by Gasteiger charge is 2.06. The van der Waals surface area contributed by atoms with Crippen molar-refractivity contribution in [1.82, 2.24) is 9.97 Å². The number of nitrogens with zero attached hydrogens (tertiary/aromatic N) is 1. The van der Waals surface area contributed by atoms with E-state index in [0.717, 1.165) is 0 Å². The highest BCUT2D eigenvalue weighted by atomic mass is 79.9. The Hall–Kier alpha value is -1.36. The van der Waals surface area contributed by atoms with Gasteiger partial charge in [0.15, 0.2) is 0 Å². The van der Waals surface area contributed by atoms with Gasteiger partial charge < -0.3 is 10.3 Å². The van der Waals surface area contributed by atoms with E-state index in [4.69, 9.17) is 0 Å². The number of para-hydroxylation sites is 1. The molecule has 0 aliphatic carbocycles. The van der Waals surface area contributed by atoms with Crippen molar-refractivity contribution >= 4 is 27.6 Å². The molecule has 0 spiro atoms. The molecule has 0 amide bonds. The minimum Gasteiger partial charge on any atom is -0.331 e. The van der Waals surface area contributed by atoms with Gasteiger partial charge in [-0.05, 0) is 28.1 Å². The summed E-state index contributed by atoms with van der Waals surface area (Å²) in [5.41, 5.74) is 0.377. The van der Waals surface area contributed by atoms with Crippen molar-refractivity contribution in [2.45, 2.75) is 0 Å². The number of hydrogen-bond donors (Lipinski definition) is 2. The Labute approximate surface area is 88.5 Å². The van der Waals surface area contributed by atoms with Crippen molar-refractivity contribution in [2.75, 3.05) is 5.32 Å². The number of aromatic nitrogens is 2. The summed E-state index contributed by atoms with van der Waals surface area (Å²) in [5, 5.41) is 2.83. The third-order valence-corrected chi connectivity index (χ3v) is 2.37. The van der Waals surface area contributed by atoms with E-state index in [2.05, 4.69) is 31.2 Å². The van der Waals surface area contributed by atoms with Crippen LogP contribution in [0.2, 0.25) is 0 Å². The van der Waals surface area contributed by atoms with Gasteiger partial charge in [-0.3, -0.25) is 0 Å². The molecule has 5 heteroatoms. The van der Waals surface area contributed by atoms with Crippen LogP contribution in [-0.4, -0.2) is 9.97 Å². The maximum atomic E-state index is 13.3. The molecule has 0 aliphatic rings. The van der Waals surface area contributed by atoms with Crippen molar-refractivity contribution in [3.8, 4) is 0 Å². The van der Waals surface area contributed by atoms with E-state index in [-0.39, 0.29) is 5.82 Å². The average molecular weight is 256 g/mol. The number of imidazole rings is 1. The number of hydrogen-bond acceptors (Lipinski definition) is 2. The first-order valence-electron chi connectivity index (χ1n) is 3.98. The molecule has 0 bridgehead atoms. The summed E-state index contributed by atoms with van der Waals surface area (Å²) in [4.78, 5) is 6.77. The number of aromatic amines is 1. The Morgan fingerprint density at radius 2 is 2.29 bits per heavy atom. The quantitative estimate of drug-likeness (QED) is 0.866. The molecule has 1 heterocycles. The Morgan fingerprint density at radius 1 is 1.43 bits per heavy atom. The Kier molecular flexibility index (Phi) is 2.49. The molecule has 2 N–H and O–H groups in total. The minimum absolute atomic E-state index is 0.323. The fraction of sp³-hybridized carbons (Fsp3) is 0. The molecule has 72 valence electrons. The van der Waals surface area contributed by atoms with Crippen LogP contribution in [0.1, 0.15) is 0 Å². The van der Waals surface area contributed by atoms with Gasteiger partial charge in [-0.2, -0.15) is 0 Å². The smallest absolute Gasteiger partial charge is 0.204 e. The van der Waals surface area contributed by atoms with Gasteiger partial charge in [0.2, 0.25) is 5.95 Å². The first kappa shape index (κ1) is 9.21. The molecular formula is C9H7BrFN3. The summed E-state index contributed by atoms with van der Waals surface area (Å²) in [5.74, 6) is 0.187. The molecule has 0 aliphatic heterocycles. The third-order valence-electron chi connectivity index (χ3n) is 1.70. The van der Waals surface area contributed by atoms with E-state index in [1.807, 2.05) is 0 Å². The molecule has 3 nitrogen and oxygen atoms in total. The molecule has 0 saturated heterocycles. The van der Waals surface area contributed by atoms with Crippen LogP contribution in [0.5, 0.6) is 0 Å². The summed E-state index contributed by atoms with van der Waals surface area (Å²) >= 11 is 3.25. The van der Waals surface area contributed by atoms with Crippen LogP contribution >= 0.6 is 15.9 Å². The maximum absolute atomic E-state index is 13.3. The summed E-state index contributed by atoms with van der Waals surface area (Å²) < 4.78 is 14.0. The molecule has 0 saturated carbocycles. The lowest BCUT2D eigenvalue weighted by molar-refractivity contribution is 0.631. The molecule has 14 heavy (non-hydrogen) atoms. The largest absolute Gasteiger partial charge is 0.331 e. The van der Waals surface area contributed by atoms with E-state index in [1.165, 1.54) is 6.07 Å². The van der Waals surface area contributed by atoms with Crippen molar-refractivity contribution in [2.24, 2.45) is 0 Å². The number of nitrogens with one attached hydrogen (secondary N) is 2. The predicted octanol–water partition coefficient (Wildman–Crippen LogP) is 3.05. The molecule has 0 fully saturated rings. The van der Waals surface area contributed by atoms with Crippen LogP contribution in [0, 0.1) is 5.82 Å². The number of benzene rings is 1. The second kappa shape index (κ2) is 3.79. The van der Waals surface area contributed by atoms with Gasteiger partial charge in [0.05, 0.1) is 5.69 Å². The van der Waals surface area contributed by atoms with Crippen molar-refractivity contribution in [3.05, 3.63) is 40.9 Å². The lowest BCUT2D eigenvalue weighted by Gasteiger charge is -2.06. The predicted molar refractivity (Wildman–Crippen MR) is 56.0 cm³/mol. The van der Waals surface area contributed by atoms with Gasteiger partial charge in [0.25, 0.3) is 0 Å². The van der Waals surface area contributed by atoms with Gasteiger partial charge in [-0.1, -0.05) is 6.07 Å². The Morgan fingerprint density at radius 3 is 2.93 bits per heavy atom. The van der Waals surface area contributed by atoms with Gasteiger partial charge in [0.1, 0.15) is 5.82 Å². The minimum atomic E-state index is -0.323. The number of anilines is 2. The Bertz CT molecular complexity index is 407. The lowest BCUT2D eigenvalue weighted by atomic mass is 10.3. The van der Waals surface area contributed by atoms with Crippen LogP contribution in [0.4, 0.5) is 16.0 Å². The van der Waals surface area contributed by atoms with Crippen molar-refractivity contribution in [1.29, 1.82) is 0 Å². The van der Waals surface area contributed by atoms with E-state index in [0.29, 0.717) is 16.1 Å². The molecule has 1 aromatic heterocycles. The zero-order valence-electron chi connectivity index (χ0n) is 7.09. The van der Waals surface area contributed by atoms with Gasteiger partial charge in [-0.25, -0.2) is 9.37 Å². The van der Waals surface area contributed by atoms with Crippen LogP contribution in [0.15, 0.2) is 35.1 Å². The Balaban J connectivity index is 2.33. The standard InChI is InChI=1S/C9H7BrFN3/c10-6-2-1-3-7(11)8(6)14-9-12-4-5-13-9/h1-5H,(H2,12,13,14). The van der Waals surface area contributed by atoms with Gasteiger partial charge in [-0.15, -0.1) is 0 Å². The highest BCUT2D eigenvalue weighted by Crippen LogP contribution is 2.26. The second-order valence-corrected chi connectivity index (χ2v) is 3.51. The van der Waals surface area contributed by atoms with E-state index in [9.17, 15) is 4.39 Å². The average Bonchev–Trinajstić information content (AvgIpc) is 2.64. The summed E-state index contributed by atoms with van der Waals surface area (Å²) in [6.45, 7) is 0. The van der Waals surface area contributed by atoms with Crippen molar-refractivity contribution < 1.29 is 4.39 Å². The zero-order chi connectivity index (χ0) is 9.97.